The molecule has 5 nitrogen and oxygen atoms in total. The van der Waals surface area contributed by atoms with Crippen LogP contribution < -0.4 is 5.32 Å². The predicted molar refractivity (Wildman–Crippen MR) is 39.3 cm³/mol. The second kappa shape index (κ2) is 2.40. The van der Waals surface area contributed by atoms with Crippen LogP contribution in [0, 0.1) is 0 Å². The fraction of sp³-hybridized carbons (Fsp3) is 1.00. The normalized spacial score (nSPS) is 52.8. The van der Waals surface area contributed by atoms with Gasteiger partial charge in [0.1, 0.15) is 0 Å². The van der Waals surface area contributed by atoms with Crippen molar-refractivity contribution in [2.75, 3.05) is 19.8 Å². The molecule has 0 aromatic carbocycles. The SMILES string of the molecule is CC1(O)OCC2(CO)COC1N2. The average Bonchev–Trinajstić information content (AvgIpc) is 2.42. The van der Waals surface area contributed by atoms with E-state index >= 15 is 0 Å². The second-order valence-electron chi connectivity index (χ2n) is 3.62. The molecule has 0 radical (unpaired) electrons. The molecule has 3 N–H and O–H groups in total. The summed E-state index contributed by atoms with van der Waals surface area (Å²) in [5.74, 6) is -1.28. The fourth-order valence-electron chi connectivity index (χ4n) is 1.47. The van der Waals surface area contributed by atoms with Gasteiger partial charge in [-0.25, -0.2) is 0 Å². The van der Waals surface area contributed by atoms with E-state index in [4.69, 9.17) is 14.6 Å². The van der Waals surface area contributed by atoms with Crippen LogP contribution in [0.1, 0.15) is 6.92 Å². The first-order chi connectivity index (χ1) is 5.58. The van der Waals surface area contributed by atoms with Gasteiger partial charge in [-0.05, 0) is 6.92 Å². The van der Waals surface area contributed by atoms with Crippen molar-refractivity contribution < 1.29 is 19.7 Å². The number of morpholine rings is 1. The minimum absolute atomic E-state index is 0.0421. The molecule has 0 saturated carbocycles. The molecule has 2 fully saturated rings. The Bertz CT molecular complexity index is 196. The molecule has 0 aliphatic carbocycles. The third-order valence-corrected chi connectivity index (χ3v) is 2.39. The first-order valence-corrected chi connectivity index (χ1v) is 3.95. The van der Waals surface area contributed by atoms with Crippen molar-refractivity contribution in [2.45, 2.75) is 24.5 Å². The Morgan fingerprint density at radius 2 is 2.33 bits per heavy atom. The monoisotopic (exact) mass is 175 g/mol. The summed E-state index contributed by atoms with van der Waals surface area (Å²) in [6, 6.07) is 0. The Hall–Kier alpha value is -0.200. The van der Waals surface area contributed by atoms with Gasteiger partial charge in [0.2, 0.25) is 5.79 Å². The summed E-state index contributed by atoms with van der Waals surface area (Å²) in [6.45, 7) is 2.15. The van der Waals surface area contributed by atoms with Gasteiger partial charge in [0.15, 0.2) is 6.23 Å². The topological polar surface area (TPSA) is 71.0 Å². The average molecular weight is 175 g/mol. The zero-order chi connectivity index (χ0) is 8.82. The number of rotatable bonds is 1. The Morgan fingerprint density at radius 3 is 3.00 bits per heavy atom. The third kappa shape index (κ3) is 1.06. The molecule has 3 atom stereocenters. The molecule has 2 bridgehead atoms. The van der Waals surface area contributed by atoms with E-state index in [0.29, 0.717) is 6.61 Å². The largest absolute Gasteiger partial charge is 0.394 e. The smallest absolute Gasteiger partial charge is 0.203 e. The summed E-state index contributed by atoms with van der Waals surface area (Å²) < 4.78 is 10.4. The van der Waals surface area contributed by atoms with E-state index in [1.165, 1.54) is 6.92 Å². The van der Waals surface area contributed by atoms with Gasteiger partial charge in [-0.1, -0.05) is 0 Å². The molecule has 2 saturated heterocycles. The molecule has 3 unspecified atom stereocenters. The molecule has 0 amide bonds. The molecule has 2 aliphatic rings. The molecule has 12 heavy (non-hydrogen) atoms. The van der Waals surface area contributed by atoms with Crippen LogP contribution in [0.15, 0.2) is 0 Å². The maximum absolute atomic E-state index is 9.58. The van der Waals surface area contributed by atoms with Crippen LogP contribution in [0.5, 0.6) is 0 Å². The number of aliphatic hydroxyl groups excluding tert-OH is 1. The van der Waals surface area contributed by atoms with Crippen LogP contribution in [0.4, 0.5) is 0 Å². The molecule has 2 heterocycles. The lowest BCUT2D eigenvalue weighted by Gasteiger charge is -2.38. The van der Waals surface area contributed by atoms with Crippen molar-refractivity contribution in [1.29, 1.82) is 0 Å². The first kappa shape index (κ1) is 8.40. The van der Waals surface area contributed by atoms with Gasteiger partial charge < -0.3 is 19.7 Å². The summed E-state index contributed by atoms with van der Waals surface area (Å²) in [5, 5.41) is 21.6. The minimum atomic E-state index is -1.28. The highest BCUT2D eigenvalue weighted by atomic mass is 16.7. The quantitative estimate of drug-likeness (QED) is 0.448. The Kier molecular flexibility index (Phi) is 1.68. The molecule has 70 valence electrons. The summed E-state index contributed by atoms with van der Waals surface area (Å²) in [6.07, 6.45) is -0.529. The highest BCUT2D eigenvalue weighted by molar-refractivity contribution is 5.00. The van der Waals surface area contributed by atoms with Crippen LogP contribution >= 0.6 is 0 Å². The first-order valence-electron chi connectivity index (χ1n) is 3.95. The lowest BCUT2D eigenvalue weighted by Crippen LogP contribution is -2.63. The minimum Gasteiger partial charge on any atom is -0.394 e. The van der Waals surface area contributed by atoms with E-state index in [-0.39, 0.29) is 13.2 Å². The van der Waals surface area contributed by atoms with E-state index in [9.17, 15) is 5.11 Å². The Morgan fingerprint density at radius 1 is 1.58 bits per heavy atom. The van der Waals surface area contributed by atoms with Crippen molar-refractivity contribution >= 4 is 0 Å². The Balaban J connectivity index is 2.16. The van der Waals surface area contributed by atoms with Gasteiger partial charge in [-0.15, -0.1) is 0 Å². The summed E-state index contributed by atoms with van der Waals surface area (Å²) >= 11 is 0. The zero-order valence-corrected chi connectivity index (χ0v) is 6.91. The Labute approximate surface area is 70.3 Å². The lowest BCUT2D eigenvalue weighted by atomic mass is 10.0. The molecule has 0 aromatic heterocycles. The van der Waals surface area contributed by atoms with E-state index in [2.05, 4.69) is 5.32 Å². The predicted octanol–water partition coefficient (Wildman–Crippen LogP) is -1.60. The number of aliphatic hydroxyl groups is 2. The van der Waals surface area contributed by atoms with Crippen LogP contribution in [-0.2, 0) is 9.47 Å². The number of hydrogen-bond donors (Lipinski definition) is 3. The summed E-state index contributed by atoms with van der Waals surface area (Å²) in [4.78, 5) is 0. The maximum Gasteiger partial charge on any atom is 0.203 e. The van der Waals surface area contributed by atoms with E-state index < -0.39 is 17.6 Å². The van der Waals surface area contributed by atoms with Gasteiger partial charge in [0, 0.05) is 0 Å². The lowest BCUT2D eigenvalue weighted by molar-refractivity contribution is -0.265. The van der Waals surface area contributed by atoms with Gasteiger partial charge in [0.25, 0.3) is 0 Å². The molecule has 0 aromatic rings. The maximum atomic E-state index is 9.58. The molecule has 0 spiro atoms. The number of fused-ring (bicyclic) bond motifs is 2. The highest BCUT2D eigenvalue weighted by Gasteiger charge is 2.52. The molecule has 2 aliphatic heterocycles. The number of ether oxygens (including phenoxy) is 2. The number of nitrogens with one attached hydrogen (secondary N) is 1. The fourth-order valence-corrected chi connectivity index (χ4v) is 1.47. The van der Waals surface area contributed by atoms with Crippen molar-refractivity contribution in [3.05, 3.63) is 0 Å². The van der Waals surface area contributed by atoms with Crippen LogP contribution in [0.2, 0.25) is 0 Å². The molecular formula is C7H13NO4. The zero-order valence-electron chi connectivity index (χ0n) is 6.91. The molecule has 5 heteroatoms. The van der Waals surface area contributed by atoms with Crippen molar-refractivity contribution in [3.8, 4) is 0 Å². The van der Waals surface area contributed by atoms with Crippen LogP contribution in [0.3, 0.4) is 0 Å². The van der Waals surface area contributed by atoms with Crippen LogP contribution in [0.25, 0.3) is 0 Å². The van der Waals surface area contributed by atoms with Crippen LogP contribution in [-0.4, -0.2) is 47.6 Å². The number of hydrogen-bond acceptors (Lipinski definition) is 5. The van der Waals surface area contributed by atoms with Crippen molar-refractivity contribution in [2.24, 2.45) is 0 Å². The molecule has 2 rings (SSSR count). The van der Waals surface area contributed by atoms with Gasteiger partial charge >= 0.3 is 0 Å². The van der Waals surface area contributed by atoms with E-state index in [1.807, 2.05) is 0 Å². The van der Waals surface area contributed by atoms with Crippen molar-refractivity contribution in [3.63, 3.8) is 0 Å². The molecular weight excluding hydrogens is 162 g/mol. The van der Waals surface area contributed by atoms with Gasteiger partial charge in [-0.2, -0.15) is 0 Å². The standard InChI is InChI=1S/C7H13NO4/c1-6(10)5-8-7(2-9,3-11-5)4-12-6/h5,8-10H,2-4H2,1H3. The van der Waals surface area contributed by atoms with E-state index in [1.54, 1.807) is 0 Å². The van der Waals surface area contributed by atoms with Crippen molar-refractivity contribution in [1.82, 2.24) is 5.32 Å². The summed E-state index contributed by atoms with van der Waals surface area (Å²) in [7, 11) is 0. The van der Waals surface area contributed by atoms with Gasteiger partial charge in [-0.3, -0.25) is 5.32 Å². The third-order valence-electron chi connectivity index (χ3n) is 2.39. The van der Waals surface area contributed by atoms with E-state index in [0.717, 1.165) is 0 Å². The summed E-state index contributed by atoms with van der Waals surface area (Å²) in [5.41, 5.74) is -0.507. The second-order valence-corrected chi connectivity index (χ2v) is 3.62. The highest BCUT2D eigenvalue weighted by Crippen LogP contribution is 2.30. The van der Waals surface area contributed by atoms with Gasteiger partial charge in [0.05, 0.1) is 25.4 Å².